The number of rotatable bonds is 6. The number of nitrogens with zero attached hydrogens (tertiary/aromatic N) is 1. The molecule has 106 valence electrons. The van der Waals surface area contributed by atoms with E-state index in [0.29, 0.717) is 30.7 Å². The van der Waals surface area contributed by atoms with Crippen LogP contribution in [0.2, 0.25) is 0 Å². The van der Waals surface area contributed by atoms with Crippen molar-refractivity contribution in [3.8, 4) is 0 Å². The van der Waals surface area contributed by atoms with Crippen LogP contribution >= 0.6 is 11.3 Å². The molecule has 0 saturated carbocycles. The molecule has 1 saturated heterocycles. The molecule has 0 aliphatic carbocycles. The van der Waals surface area contributed by atoms with E-state index in [4.69, 9.17) is 9.57 Å². The third-order valence-corrected chi connectivity index (χ3v) is 3.75. The number of ether oxygens (including phenoxy) is 1. The molecule has 0 bridgehead atoms. The molecule has 0 unspecified atom stereocenters. The van der Waals surface area contributed by atoms with E-state index in [1.54, 1.807) is 5.38 Å². The lowest BCUT2D eigenvalue weighted by molar-refractivity contribution is 0.0142. The van der Waals surface area contributed by atoms with E-state index < -0.39 is 0 Å². The topological polar surface area (TPSA) is 60.5 Å². The predicted octanol–water partition coefficient (Wildman–Crippen LogP) is 2.04. The Bertz CT molecular complexity index is 414. The molecule has 1 aliphatic heterocycles. The van der Waals surface area contributed by atoms with Crippen LogP contribution in [0, 0.1) is 11.8 Å². The Balaban J connectivity index is 1.74. The summed E-state index contributed by atoms with van der Waals surface area (Å²) in [7, 11) is 0. The number of hydroxylamine groups is 1. The first-order valence-electron chi connectivity index (χ1n) is 6.59. The number of hydrogen-bond donors (Lipinski definition) is 1. The molecule has 1 aromatic heterocycles. The monoisotopic (exact) mass is 284 g/mol. The lowest BCUT2D eigenvalue weighted by atomic mass is 10.1. The Labute approximate surface area is 117 Å². The highest BCUT2D eigenvalue weighted by molar-refractivity contribution is 7.09. The van der Waals surface area contributed by atoms with Crippen LogP contribution < -0.4 is 5.48 Å². The van der Waals surface area contributed by atoms with Crippen molar-refractivity contribution in [2.75, 3.05) is 19.8 Å². The van der Waals surface area contributed by atoms with Crippen LogP contribution in [0.25, 0.3) is 0 Å². The lowest BCUT2D eigenvalue weighted by Gasteiger charge is -2.08. The van der Waals surface area contributed by atoms with Crippen LogP contribution in [0.3, 0.4) is 0 Å². The molecule has 0 aromatic carbocycles. The molecule has 1 N–H and O–H groups in total. The third-order valence-electron chi connectivity index (χ3n) is 2.88. The van der Waals surface area contributed by atoms with Gasteiger partial charge in [-0.3, -0.25) is 9.63 Å². The molecule has 1 aliphatic rings. The summed E-state index contributed by atoms with van der Waals surface area (Å²) < 4.78 is 5.24. The second-order valence-corrected chi connectivity index (χ2v) is 6.14. The molecule has 19 heavy (non-hydrogen) atoms. The number of thiazole rings is 1. The Morgan fingerprint density at radius 2 is 2.53 bits per heavy atom. The van der Waals surface area contributed by atoms with Crippen molar-refractivity contribution in [3.63, 3.8) is 0 Å². The minimum atomic E-state index is -0.273. The average Bonchev–Trinajstić information content (AvgIpc) is 2.99. The van der Waals surface area contributed by atoms with Crippen LogP contribution in [-0.2, 0) is 16.0 Å². The van der Waals surface area contributed by atoms with Crippen molar-refractivity contribution < 1.29 is 14.4 Å². The standard InChI is InChI=1S/C13H20N2O3S/c1-9(2)5-12-14-11(8-19-12)13(16)15-18-7-10-3-4-17-6-10/h8-10H,3-7H2,1-2H3,(H,15,16)/t10-/m0/s1. The molecule has 5 nitrogen and oxygen atoms in total. The molecule has 1 atom stereocenters. The van der Waals surface area contributed by atoms with E-state index in [2.05, 4.69) is 24.3 Å². The zero-order valence-corrected chi connectivity index (χ0v) is 12.2. The number of carbonyl (C=O) groups excluding carboxylic acids is 1. The molecule has 0 spiro atoms. The minimum absolute atomic E-state index is 0.273. The summed E-state index contributed by atoms with van der Waals surface area (Å²) in [5.74, 6) is 0.651. The van der Waals surface area contributed by atoms with Gasteiger partial charge in [0.25, 0.3) is 5.91 Å². The highest BCUT2D eigenvalue weighted by Crippen LogP contribution is 2.14. The molecule has 6 heteroatoms. The minimum Gasteiger partial charge on any atom is -0.381 e. The lowest BCUT2D eigenvalue weighted by Crippen LogP contribution is -2.27. The van der Waals surface area contributed by atoms with Gasteiger partial charge in [-0.2, -0.15) is 0 Å². The van der Waals surface area contributed by atoms with Gasteiger partial charge in [0.2, 0.25) is 0 Å². The molecular weight excluding hydrogens is 264 g/mol. The fourth-order valence-corrected chi connectivity index (χ4v) is 2.84. The van der Waals surface area contributed by atoms with Crippen LogP contribution in [0.5, 0.6) is 0 Å². The summed E-state index contributed by atoms with van der Waals surface area (Å²) in [5.41, 5.74) is 2.88. The predicted molar refractivity (Wildman–Crippen MR) is 73.0 cm³/mol. The van der Waals surface area contributed by atoms with Crippen LogP contribution in [-0.4, -0.2) is 30.7 Å². The molecule has 1 fully saturated rings. The Kier molecular flexibility index (Phi) is 5.30. The van der Waals surface area contributed by atoms with Gasteiger partial charge in [-0.1, -0.05) is 13.8 Å². The number of carbonyl (C=O) groups is 1. The van der Waals surface area contributed by atoms with Crippen molar-refractivity contribution >= 4 is 17.2 Å². The molecule has 1 aromatic rings. The maximum Gasteiger partial charge on any atom is 0.294 e. The van der Waals surface area contributed by atoms with E-state index in [0.717, 1.165) is 24.5 Å². The number of hydrogen-bond acceptors (Lipinski definition) is 5. The van der Waals surface area contributed by atoms with E-state index in [1.807, 2.05) is 0 Å². The van der Waals surface area contributed by atoms with E-state index >= 15 is 0 Å². The zero-order valence-electron chi connectivity index (χ0n) is 11.3. The highest BCUT2D eigenvalue weighted by atomic mass is 32.1. The quantitative estimate of drug-likeness (QED) is 0.812. The van der Waals surface area contributed by atoms with Gasteiger partial charge in [0.05, 0.1) is 18.2 Å². The normalized spacial score (nSPS) is 19.0. The Morgan fingerprint density at radius 1 is 1.68 bits per heavy atom. The molecule has 2 heterocycles. The van der Waals surface area contributed by atoms with Crippen molar-refractivity contribution in [1.29, 1.82) is 0 Å². The van der Waals surface area contributed by atoms with Crippen LogP contribution in [0.1, 0.15) is 35.8 Å². The summed E-state index contributed by atoms with van der Waals surface area (Å²) in [6, 6.07) is 0. The average molecular weight is 284 g/mol. The van der Waals surface area contributed by atoms with Crippen molar-refractivity contribution in [1.82, 2.24) is 10.5 Å². The Morgan fingerprint density at radius 3 is 3.21 bits per heavy atom. The van der Waals surface area contributed by atoms with Gasteiger partial charge in [-0.25, -0.2) is 10.5 Å². The maximum atomic E-state index is 11.8. The molecular formula is C13H20N2O3S. The van der Waals surface area contributed by atoms with Gasteiger partial charge in [-0.15, -0.1) is 11.3 Å². The smallest absolute Gasteiger partial charge is 0.294 e. The van der Waals surface area contributed by atoms with Crippen molar-refractivity contribution in [3.05, 3.63) is 16.1 Å². The van der Waals surface area contributed by atoms with Crippen LogP contribution in [0.15, 0.2) is 5.38 Å². The molecule has 2 rings (SSSR count). The summed E-state index contributed by atoms with van der Waals surface area (Å²) >= 11 is 1.52. The van der Waals surface area contributed by atoms with Gasteiger partial charge < -0.3 is 4.74 Å². The van der Waals surface area contributed by atoms with Gasteiger partial charge in [-0.05, 0) is 12.3 Å². The summed E-state index contributed by atoms with van der Waals surface area (Å²) in [6.45, 7) is 6.26. The van der Waals surface area contributed by atoms with Crippen molar-refractivity contribution in [2.45, 2.75) is 26.7 Å². The maximum absolute atomic E-state index is 11.8. The first-order chi connectivity index (χ1) is 9.15. The first kappa shape index (κ1) is 14.4. The van der Waals surface area contributed by atoms with Gasteiger partial charge in [0.15, 0.2) is 0 Å². The summed E-state index contributed by atoms with van der Waals surface area (Å²) in [5, 5.41) is 2.76. The fraction of sp³-hybridized carbons (Fsp3) is 0.692. The Hall–Kier alpha value is -0.980. The SMILES string of the molecule is CC(C)Cc1nc(C(=O)NOC[C@H]2CCOC2)cs1. The third kappa shape index (κ3) is 4.56. The molecule has 1 amide bonds. The van der Waals surface area contributed by atoms with E-state index in [9.17, 15) is 4.79 Å². The fourth-order valence-electron chi connectivity index (χ4n) is 1.85. The van der Waals surface area contributed by atoms with Gasteiger partial charge in [0, 0.05) is 24.3 Å². The second-order valence-electron chi connectivity index (χ2n) is 5.20. The van der Waals surface area contributed by atoms with E-state index in [-0.39, 0.29) is 5.91 Å². The zero-order chi connectivity index (χ0) is 13.7. The van der Waals surface area contributed by atoms with Gasteiger partial charge in [0.1, 0.15) is 5.69 Å². The second kappa shape index (κ2) is 6.98. The van der Waals surface area contributed by atoms with E-state index in [1.165, 1.54) is 11.3 Å². The molecule has 0 radical (unpaired) electrons. The van der Waals surface area contributed by atoms with Crippen LogP contribution in [0.4, 0.5) is 0 Å². The highest BCUT2D eigenvalue weighted by Gasteiger charge is 2.17. The van der Waals surface area contributed by atoms with Gasteiger partial charge >= 0.3 is 0 Å². The number of amides is 1. The summed E-state index contributed by atoms with van der Waals surface area (Å²) in [6.07, 6.45) is 1.89. The number of nitrogens with one attached hydrogen (secondary N) is 1. The largest absolute Gasteiger partial charge is 0.381 e. The number of aromatic nitrogens is 1. The first-order valence-corrected chi connectivity index (χ1v) is 7.47. The van der Waals surface area contributed by atoms with Crippen molar-refractivity contribution in [2.24, 2.45) is 11.8 Å². The summed E-state index contributed by atoms with van der Waals surface area (Å²) in [4.78, 5) is 21.3.